The summed E-state index contributed by atoms with van der Waals surface area (Å²) in [4.78, 5) is 71.6. The van der Waals surface area contributed by atoms with Crippen LogP contribution in [0.2, 0.25) is 0 Å². The topological polar surface area (TPSA) is 352 Å². The van der Waals surface area contributed by atoms with Gasteiger partial charge < -0.3 is 78.7 Å². The van der Waals surface area contributed by atoms with Gasteiger partial charge in [-0.2, -0.15) is 39.5 Å². The Labute approximate surface area is 588 Å². The number of carboxylic acid groups (broad SMARTS) is 1. The van der Waals surface area contributed by atoms with Gasteiger partial charge >= 0.3 is 78.1 Å². The SMILES string of the molecule is C.CCCc1c(OCCCN(C)C(=O)NCCC(=O)O)ccc2c(C(F)(F)F)noc12.CCCc1c(OCCCN(C)C(=O)NCCC(=O)OCC)ccc2c(C(F)(F)F)noc12.CCCc1c(OCCCNC)ccc2c(C(F)(F)F)noc12.CCOC(=O)CCN=C=O.CO.[Na+].[OH-]. The number of aliphatic hydroxyl groups is 1. The van der Waals surface area contributed by atoms with Crippen molar-refractivity contribution in [3.05, 3.63) is 70.2 Å². The van der Waals surface area contributed by atoms with Gasteiger partial charge in [-0.15, -0.1) is 0 Å². The minimum absolute atomic E-state index is 0. The third-order valence-corrected chi connectivity index (χ3v) is 13.0. The summed E-state index contributed by atoms with van der Waals surface area (Å²) in [5.41, 5.74) is -1.07. The molecule has 3 aromatic heterocycles. The van der Waals surface area contributed by atoms with Crippen LogP contribution in [0.4, 0.5) is 49.1 Å². The molecule has 26 nitrogen and oxygen atoms in total. The van der Waals surface area contributed by atoms with E-state index in [9.17, 15) is 68.3 Å². The second-order valence-electron chi connectivity index (χ2n) is 20.3. The second-order valence-corrected chi connectivity index (χ2v) is 20.3. The number of ether oxygens (including phenoxy) is 5. The molecule has 6 N–H and O–H groups in total. The van der Waals surface area contributed by atoms with E-state index in [2.05, 4.69) is 41.1 Å². The van der Waals surface area contributed by atoms with Gasteiger partial charge in [0.15, 0.2) is 33.8 Å². The number of rotatable bonds is 32. The minimum atomic E-state index is -4.60. The molecular weight excluding hydrogens is 1350 g/mol. The molecule has 0 saturated heterocycles. The van der Waals surface area contributed by atoms with E-state index in [4.69, 9.17) is 42.7 Å². The van der Waals surface area contributed by atoms with Gasteiger partial charge in [-0.05, 0) is 102 Å². The normalized spacial score (nSPS) is 10.7. The van der Waals surface area contributed by atoms with Crippen molar-refractivity contribution in [3.8, 4) is 17.2 Å². The van der Waals surface area contributed by atoms with Gasteiger partial charge in [0.2, 0.25) is 6.08 Å². The zero-order valence-electron chi connectivity index (χ0n) is 56.4. The van der Waals surface area contributed by atoms with Crippen LogP contribution in [0.3, 0.4) is 0 Å². The molecule has 0 aliphatic heterocycles. The van der Waals surface area contributed by atoms with E-state index in [1.165, 1.54) is 46.2 Å². The number of esters is 2. The molecule has 0 spiro atoms. The number of aliphatic hydroxyl groups excluding tert-OH is 1. The van der Waals surface area contributed by atoms with Crippen LogP contribution in [-0.4, -0.2) is 178 Å². The van der Waals surface area contributed by atoms with E-state index < -0.39 is 47.6 Å². The van der Waals surface area contributed by atoms with Crippen molar-refractivity contribution in [1.29, 1.82) is 0 Å². The number of hydrogen-bond acceptors (Lipinski definition) is 21. The smallest absolute Gasteiger partial charge is 0.870 e. The zero-order chi connectivity index (χ0) is 72.0. The molecule has 99 heavy (non-hydrogen) atoms. The van der Waals surface area contributed by atoms with Gasteiger partial charge in [0, 0.05) is 64.1 Å². The summed E-state index contributed by atoms with van der Waals surface area (Å²) < 4.78 is 159. The molecule has 0 radical (unpaired) electrons. The quantitative estimate of drug-likeness (QED) is 0.00656. The van der Waals surface area contributed by atoms with Crippen LogP contribution < -0.4 is 59.7 Å². The van der Waals surface area contributed by atoms with Crippen LogP contribution in [0.1, 0.15) is 134 Å². The summed E-state index contributed by atoms with van der Waals surface area (Å²) in [5.74, 6) is -0.288. The van der Waals surface area contributed by atoms with Gasteiger partial charge in [0.25, 0.3) is 0 Å². The zero-order valence-corrected chi connectivity index (χ0v) is 58.4. The van der Waals surface area contributed by atoms with Gasteiger partial charge in [0.1, 0.15) is 17.2 Å². The Morgan fingerprint density at radius 1 is 0.556 bits per heavy atom. The Balaban J connectivity index is 0. The number of urea groups is 2. The van der Waals surface area contributed by atoms with Crippen LogP contribution in [0.15, 0.2) is 55.0 Å². The molecule has 36 heteroatoms. The van der Waals surface area contributed by atoms with Crippen LogP contribution in [-0.2, 0) is 66.4 Å². The summed E-state index contributed by atoms with van der Waals surface area (Å²) in [6, 6.07) is 7.75. The Morgan fingerprint density at radius 3 is 1.19 bits per heavy atom. The maximum Gasteiger partial charge on any atom is 1.00 e. The fraction of sp³-hybridized carbons (Fsp3) is 0.571. The van der Waals surface area contributed by atoms with Crippen molar-refractivity contribution < 1.29 is 151 Å². The number of fused-ring (bicyclic) bond motifs is 3. The number of amides is 4. The fourth-order valence-corrected chi connectivity index (χ4v) is 8.68. The van der Waals surface area contributed by atoms with Crippen LogP contribution >= 0.6 is 0 Å². The number of halogens is 9. The van der Waals surface area contributed by atoms with E-state index in [0.29, 0.717) is 112 Å². The number of aromatic nitrogens is 3. The summed E-state index contributed by atoms with van der Waals surface area (Å²) in [5, 5.41) is 33.1. The Kier molecular flexibility index (Phi) is 45.8. The molecule has 552 valence electrons. The molecule has 0 atom stereocenters. The maximum absolute atomic E-state index is 13.1. The number of aliphatic carboxylic acids is 1. The number of aliphatic imine (C=N–C) groups is 1. The number of carboxylic acids is 1. The molecule has 0 aliphatic carbocycles. The van der Waals surface area contributed by atoms with E-state index in [0.717, 1.165) is 26.5 Å². The molecule has 0 saturated carbocycles. The van der Waals surface area contributed by atoms with Crippen LogP contribution in [0.5, 0.6) is 17.2 Å². The molecule has 6 rings (SSSR count). The van der Waals surface area contributed by atoms with E-state index >= 15 is 0 Å². The summed E-state index contributed by atoms with van der Waals surface area (Å²) in [7, 11) is 6.03. The van der Waals surface area contributed by atoms with Crippen molar-refractivity contribution in [2.75, 3.05) is 101 Å². The number of nitrogens with one attached hydrogen (secondary N) is 3. The van der Waals surface area contributed by atoms with Gasteiger partial charge in [0.05, 0.1) is 75.0 Å². The standard InChI is InChI=1S/C21H28F3N3O5.C19H24F3N3O5.C15H19F3N2O2.C6H9NO3.CH4O.CH4.Na.H2O/c1-4-7-14-16(9-8-15-18(14)32-26-19(15)21(22,23)24)31-13-6-12-27(3)20(29)25-11-10-17(28)30-5-2;1-3-5-12-14(7-6-13-16(12)30-24-17(13)19(20,21)22)29-11-4-10-25(2)18(28)23-9-8-15(26)27;1-3-5-10-12(21-9-4-8-19-2)7-6-11-13(10)22-20-14(11)15(16,17)18;1-2-10-6(9)3-4-7-5-8;1-2;;;/h8-9H,4-7,10-13H2,1-3H3,(H,25,29);6-7H,3-5,8-11H2,1-2H3,(H,23,28)(H,26,27);6-7,19H,3-5,8-9H2,1-2H3;2-4H2,1H3;2H,1H3;1H4;;1H2/q;;;;;;+1;/p-1. The first-order valence-electron chi connectivity index (χ1n) is 30.6. The summed E-state index contributed by atoms with van der Waals surface area (Å²) in [6.45, 7) is 12.7. The van der Waals surface area contributed by atoms with Gasteiger partial charge in [-0.25, -0.2) is 19.4 Å². The number of alkyl halides is 9. The number of carbonyl (C=O) groups is 5. The minimum Gasteiger partial charge on any atom is -0.870 e. The third-order valence-electron chi connectivity index (χ3n) is 13.0. The van der Waals surface area contributed by atoms with E-state index in [-0.39, 0.29) is 145 Å². The predicted molar refractivity (Wildman–Crippen MR) is 340 cm³/mol. The molecule has 0 bridgehead atoms. The molecule has 3 heterocycles. The fourth-order valence-electron chi connectivity index (χ4n) is 8.68. The maximum atomic E-state index is 13.1. The molecule has 4 amide bonds. The molecular formula is C63H89F9N9NaO17. The molecule has 6 aromatic rings. The first-order chi connectivity index (χ1) is 45.6. The number of aryl methyl sites for hydroxylation is 3. The number of hydrogen-bond donors (Lipinski definition) is 5. The first-order valence-corrected chi connectivity index (χ1v) is 30.6. The Bertz CT molecular complexity index is 3400. The van der Waals surface area contributed by atoms with Crippen LogP contribution in [0.25, 0.3) is 32.9 Å². The van der Waals surface area contributed by atoms with Crippen molar-refractivity contribution in [2.24, 2.45) is 4.99 Å². The van der Waals surface area contributed by atoms with Crippen molar-refractivity contribution in [2.45, 2.75) is 138 Å². The number of benzene rings is 3. The third kappa shape index (κ3) is 31.9. The Morgan fingerprint density at radius 2 is 0.889 bits per heavy atom. The van der Waals surface area contributed by atoms with Crippen molar-refractivity contribution in [1.82, 2.24) is 41.2 Å². The van der Waals surface area contributed by atoms with Gasteiger partial charge in [-0.1, -0.05) is 62.9 Å². The van der Waals surface area contributed by atoms with Crippen molar-refractivity contribution in [3.63, 3.8) is 0 Å². The van der Waals surface area contributed by atoms with E-state index in [1.807, 2.05) is 27.8 Å². The largest absolute Gasteiger partial charge is 1.00 e. The molecule has 0 fully saturated rings. The average molecular weight is 1440 g/mol. The average Bonchev–Trinajstić information content (AvgIpc) is 1.75. The Hall–Kier alpha value is -7.95. The monoisotopic (exact) mass is 1440 g/mol. The molecule has 0 aliphatic rings. The molecule has 0 unspecified atom stereocenters. The number of carbonyl (C=O) groups excluding carboxylic acids is 5. The molecule has 3 aromatic carbocycles. The van der Waals surface area contributed by atoms with Crippen molar-refractivity contribution >= 4 is 69.0 Å². The predicted octanol–water partition coefficient (Wildman–Crippen LogP) is 8.98. The van der Waals surface area contributed by atoms with Gasteiger partial charge in [-0.3, -0.25) is 14.4 Å². The summed E-state index contributed by atoms with van der Waals surface area (Å²) in [6.07, 6.45) is -6.89. The number of isocyanates is 1. The second kappa shape index (κ2) is 48.7. The summed E-state index contributed by atoms with van der Waals surface area (Å²) >= 11 is 0. The first kappa shape index (κ1) is 93.1. The number of nitrogens with zero attached hydrogens (tertiary/aromatic N) is 6. The van der Waals surface area contributed by atoms with Crippen LogP contribution in [0, 0.1) is 0 Å². The van der Waals surface area contributed by atoms with E-state index in [1.54, 1.807) is 34.0 Å².